The molecule has 2 aromatic carbocycles. The van der Waals surface area contributed by atoms with Gasteiger partial charge >= 0.3 is 0 Å². The second-order valence-electron chi connectivity index (χ2n) is 5.68. The monoisotopic (exact) mass is 351 g/mol. The van der Waals surface area contributed by atoms with Crippen molar-refractivity contribution in [2.75, 3.05) is 5.32 Å². The minimum Gasteiger partial charge on any atom is -0.348 e. The van der Waals surface area contributed by atoms with Crippen LogP contribution >= 0.6 is 11.6 Å². The number of nitrogens with one attached hydrogen (secondary N) is 2. The SMILES string of the molecule is Cc1ccc(Cl)cc1Nc1ccc(C(=O)NCc2ccccc2)cn1. The summed E-state index contributed by atoms with van der Waals surface area (Å²) in [5.41, 5.74) is 3.53. The van der Waals surface area contributed by atoms with Gasteiger partial charge in [0.05, 0.1) is 5.56 Å². The molecule has 126 valence electrons. The third-order valence-corrected chi connectivity index (χ3v) is 4.02. The third-order valence-electron chi connectivity index (χ3n) is 3.78. The Labute approximate surface area is 151 Å². The van der Waals surface area contributed by atoms with Gasteiger partial charge < -0.3 is 10.6 Å². The summed E-state index contributed by atoms with van der Waals surface area (Å²) in [6, 6.07) is 18.9. The molecule has 0 bridgehead atoms. The molecule has 0 aliphatic heterocycles. The van der Waals surface area contributed by atoms with Crippen LogP contribution in [0.2, 0.25) is 5.02 Å². The molecule has 0 saturated heterocycles. The zero-order chi connectivity index (χ0) is 17.6. The van der Waals surface area contributed by atoms with Crippen LogP contribution in [-0.2, 0) is 6.54 Å². The van der Waals surface area contributed by atoms with Crippen molar-refractivity contribution >= 4 is 29.0 Å². The van der Waals surface area contributed by atoms with Crippen molar-refractivity contribution in [1.29, 1.82) is 0 Å². The molecule has 0 aliphatic carbocycles. The summed E-state index contributed by atoms with van der Waals surface area (Å²) in [6.07, 6.45) is 1.56. The molecule has 1 aromatic heterocycles. The lowest BCUT2D eigenvalue weighted by Gasteiger charge is -2.10. The lowest BCUT2D eigenvalue weighted by atomic mass is 10.2. The second-order valence-corrected chi connectivity index (χ2v) is 6.12. The van der Waals surface area contributed by atoms with Crippen LogP contribution in [0.25, 0.3) is 0 Å². The molecule has 4 nitrogen and oxygen atoms in total. The average molecular weight is 352 g/mol. The Morgan fingerprint density at radius 3 is 2.60 bits per heavy atom. The Kier molecular flexibility index (Phi) is 5.31. The van der Waals surface area contributed by atoms with Gasteiger partial charge in [0, 0.05) is 23.5 Å². The standard InChI is InChI=1S/C20H18ClN3O/c1-14-7-9-17(21)11-18(14)24-19-10-8-16(13-22-19)20(25)23-12-15-5-3-2-4-6-15/h2-11,13H,12H2,1H3,(H,22,24)(H,23,25). The van der Waals surface area contributed by atoms with Crippen LogP contribution in [0.1, 0.15) is 21.5 Å². The summed E-state index contributed by atoms with van der Waals surface area (Å²) in [5.74, 6) is 0.506. The van der Waals surface area contributed by atoms with E-state index < -0.39 is 0 Å². The molecule has 0 fully saturated rings. The fourth-order valence-electron chi connectivity index (χ4n) is 2.35. The van der Waals surface area contributed by atoms with Gasteiger partial charge in [0.1, 0.15) is 5.82 Å². The van der Waals surface area contributed by atoms with E-state index in [2.05, 4.69) is 15.6 Å². The van der Waals surface area contributed by atoms with E-state index in [-0.39, 0.29) is 5.91 Å². The Morgan fingerprint density at radius 2 is 1.88 bits per heavy atom. The molecule has 0 saturated carbocycles. The normalized spacial score (nSPS) is 10.3. The van der Waals surface area contributed by atoms with Gasteiger partial charge in [0.25, 0.3) is 5.91 Å². The van der Waals surface area contributed by atoms with Gasteiger partial charge in [-0.3, -0.25) is 4.79 Å². The number of anilines is 2. The van der Waals surface area contributed by atoms with E-state index in [0.717, 1.165) is 16.8 Å². The van der Waals surface area contributed by atoms with Gasteiger partial charge in [-0.1, -0.05) is 48.0 Å². The second kappa shape index (κ2) is 7.81. The first-order valence-corrected chi connectivity index (χ1v) is 8.31. The van der Waals surface area contributed by atoms with Crippen LogP contribution in [0.5, 0.6) is 0 Å². The number of halogens is 1. The molecule has 2 N–H and O–H groups in total. The molecule has 1 heterocycles. The van der Waals surface area contributed by atoms with Crippen LogP contribution in [0, 0.1) is 6.92 Å². The van der Waals surface area contributed by atoms with Crippen LogP contribution in [0.4, 0.5) is 11.5 Å². The van der Waals surface area contributed by atoms with Crippen LogP contribution in [0.15, 0.2) is 66.9 Å². The van der Waals surface area contributed by atoms with Gasteiger partial charge in [0.15, 0.2) is 0 Å². The van der Waals surface area contributed by atoms with Gasteiger partial charge in [-0.2, -0.15) is 0 Å². The molecule has 0 unspecified atom stereocenters. The number of carbonyl (C=O) groups excluding carboxylic acids is 1. The summed E-state index contributed by atoms with van der Waals surface area (Å²) < 4.78 is 0. The summed E-state index contributed by atoms with van der Waals surface area (Å²) >= 11 is 6.02. The Morgan fingerprint density at radius 1 is 1.08 bits per heavy atom. The molecule has 3 aromatic rings. The number of aryl methyl sites for hydroxylation is 1. The number of rotatable bonds is 5. The van der Waals surface area contributed by atoms with Crippen molar-refractivity contribution < 1.29 is 4.79 Å². The maximum absolute atomic E-state index is 12.2. The fraction of sp³-hybridized carbons (Fsp3) is 0.100. The van der Waals surface area contributed by atoms with Gasteiger partial charge in [-0.15, -0.1) is 0 Å². The van der Waals surface area contributed by atoms with Crippen molar-refractivity contribution in [3.63, 3.8) is 0 Å². The highest BCUT2D eigenvalue weighted by Crippen LogP contribution is 2.23. The zero-order valence-electron chi connectivity index (χ0n) is 13.8. The first-order valence-electron chi connectivity index (χ1n) is 7.93. The highest BCUT2D eigenvalue weighted by Gasteiger charge is 2.07. The highest BCUT2D eigenvalue weighted by molar-refractivity contribution is 6.30. The minimum atomic E-state index is -0.151. The van der Waals surface area contributed by atoms with Crippen molar-refractivity contribution in [3.8, 4) is 0 Å². The van der Waals surface area contributed by atoms with E-state index in [1.165, 1.54) is 0 Å². The van der Waals surface area contributed by atoms with Crippen LogP contribution < -0.4 is 10.6 Å². The van der Waals surface area contributed by atoms with Crippen molar-refractivity contribution in [1.82, 2.24) is 10.3 Å². The predicted molar refractivity (Wildman–Crippen MR) is 101 cm³/mol. The quantitative estimate of drug-likeness (QED) is 0.699. The number of amides is 1. The van der Waals surface area contributed by atoms with Gasteiger partial charge in [-0.05, 0) is 42.3 Å². The average Bonchev–Trinajstić information content (AvgIpc) is 2.64. The lowest BCUT2D eigenvalue weighted by molar-refractivity contribution is 0.0950. The van der Waals surface area contributed by atoms with Crippen molar-refractivity contribution in [2.24, 2.45) is 0 Å². The first-order chi connectivity index (χ1) is 12.1. The van der Waals surface area contributed by atoms with Gasteiger partial charge in [-0.25, -0.2) is 4.98 Å². The molecular formula is C20H18ClN3O. The van der Waals surface area contributed by atoms with Crippen molar-refractivity contribution in [3.05, 3.63) is 88.6 Å². The zero-order valence-corrected chi connectivity index (χ0v) is 14.5. The molecule has 25 heavy (non-hydrogen) atoms. The number of carbonyl (C=O) groups is 1. The molecule has 3 rings (SSSR count). The minimum absolute atomic E-state index is 0.151. The first kappa shape index (κ1) is 17.0. The molecule has 0 aliphatic rings. The Hall–Kier alpha value is -2.85. The van der Waals surface area contributed by atoms with E-state index >= 15 is 0 Å². The number of aromatic nitrogens is 1. The summed E-state index contributed by atoms with van der Waals surface area (Å²) in [4.78, 5) is 16.5. The summed E-state index contributed by atoms with van der Waals surface area (Å²) in [5, 5.41) is 6.75. The smallest absolute Gasteiger partial charge is 0.253 e. The van der Waals surface area contributed by atoms with Crippen molar-refractivity contribution in [2.45, 2.75) is 13.5 Å². The summed E-state index contributed by atoms with van der Waals surface area (Å²) in [6.45, 7) is 2.48. The van der Waals surface area contributed by atoms with E-state index in [9.17, 15) is 4.79 Å². The van der Waals surface area contributed by atoms with Crippen LogP contribution in [0.3, 0.4) is 0 Å². The van der Waals surface area contributed by atoms with E-state index in [4.69, 9.17) is 11.6 Å². The molecular weight excluding hydrogens is 334 g/mol. The Bertz CT molecular complexity index is 864. The Balaban J connectivity index is 1.63. The molecule has 1 amide bonds. The maximum atomic E-state index is 12.2. The highest BCUT2D eigenvalue weighted by atomic mass is 35.5. The molecule has 0 radical (unpaired) electrons. The summed E-state index contributed by atoms with van der Waals surface area (Å²) in [7, 11) is 0. The van der Waals surface area contributed by atoms with Gasteiger partial charge in [0.2, 0.25) is 0 Å². The molecule has 5 heteroatoms. The number of pyridine rings is 1. The number of nitrogens with zero attached hydrogens (tertiary/aromatic N) is 1. The largest absolute Gasteiger partial charge is 0.348 e. The fourth-order valence-corrected chi connectivity index (χ4v) is 2.52. The van der Waals surface area contributed by atoms with E-state index in [0.29, 0.717) is 22.9 Å². The predicted octanol–water partition coefficient (Wildman–Crippen LogP) is 4.72. The number of benzene rings is 2. The molecule has 0 spiro atoms. The number of hydrogen-bond donors (Lipinski definition) is 2. The van der Waals surface area contributed by atoms with E-state index in [1.807, 2.05) is 55.5 Å². The maximum Gasteiger partial charge on any atom is 0.253 e. The topological polar surface area (TPSA) is 54.0 Å². The third kappa shape index (κ3) is 4.58. The number of hydrogen-bond acceptors (Lipinski definition) is 3. The van der Waals surface area contributed by atoms with Crippen LogP contribution in [-0.4, -0.2) is 10.9 Å². The van der Waals surface area contributed by atoms with E-state index in [1.54, 1.807) is 18.3 Å². The molecule has 0 atom stereocenters. The lowest BCUT2D eigenvalue weighted by Crippen LogP contribution is -2.22.